The van der Waals surface area contributed by atoms with Gasteiger partial charge in [-0.15, -0.1) is 0 Å². The normalized spacial score (nSPS) is 20.4. The fraction of sp³-hybridized carbons (Fsp3) is 0.324. The molecule has 4 aromatic carbocycles. The Hall–Kier alpha value is -7.56. The van der Waals surface area contributed by atoms with E-state index >= 15 is 0 Å². The van der Waals surface area contributed by atoms with Crippen LogP contribution in [0.4, 0.5) is 0 Å². The Balaban J connectivity index is 0.000000161. The molecule has 2 aliphatic heterocycles. The third kappa shape index (κ3) is 14.6. The van der Waals surface area contributed by atoms with Gasteiger partial charge in [-0.05, 0) is 175 Å². The number of pyridine rings is 4. The number of amides is 3. The van der Waals surface area contributed by atoms with E-state index in [2.05, 4.69) is 35.9 Å². The second kappa shape index (κ2) is 28.1. The quantitative estimate of drug-likeness (QED) is 0.0841. The van der Waals surface area contributed by atoms with Crippen molar-refractivity contribution in [2.45, 2.75) is 89.1 Å². The first kappa shape index (κ1) is 60.6. The molecule has 17 heteroatoms. The summed E-state index contributed by atoms with van der Waals surface area (Å²) in [5.41, 5.74) is 6.43. The SMILES string of the molecule is Brc1cccc2cccnc12.CON(C)C(=O)C1CCC(CN2C(=O)c3ccc(Cl)cc3CC(=O)[C@H]2Cc2ccccn2)CC1.O=C(c1cccc2cccnc12)C1CCC(CN2C(=O)c3ccc(Cl)cc3CC(=O)[C@H]2Cc2ccccn2)CC1. The van der Waals surface area contributed by atoms with E-state index in [9.17, 15) is 28.8 Å². The van der Waals surface area contributed by atoms with Gasteiger partial charge in [0.05, 0.1) is 30.2 Å². The van der Waals surface area contributed by atoms with Gasteiger partial charge in [0.2, 0.25) is 5.91 Å². The number of carbonyl (C=O) groups is 6. The second-order valence-electron chi connectivity index (χ2n) is 22.4. The standard InChI is InChI=1S/C33H30ClN3O3.C26H30ClN3O4.C9H6BrN/c34-25-13-14-27-24(17-25)18-30(38)29(19-26-7-1-2-15-35-26)37(33(27)40)20-21-9-11-23(12-10-21)32(39)28-8-3-5-22-6-4-16-36-31(22)28;1-29(34-2)25(32)18-8-6-17(7-9-18)16-30-23(15-21-5-3-4-12-28-21)24(31)14-19-13-20(27)10-11-22(19)26(30)33;10-8-5-1-3-7-4-2-6-11-9(7)8/h1-8,13-17,21,23,29H,9-12,18-20H2;3-5,10-13,17-18,23H,6-9,14-16H2,1-2H3;1-6H/t21?,23?,29-;17?,18?,23-;/m11./s1. The summed E-state index contributed by atoms with van der Waals surface area (Å²) < 4.78 is 1.05. The van der Waals surface area contributed by atoms with Gasteiger partial charge in [-0.25, -0.2) is 5.06 Å². The zero-order valence-electron chi connectivity index (χ0n) is 47.5. The number of benzene rings is 4. The Morgan fingerprint density at radius 2 is 1.01 bits per heavy atom. The molecule has 4 aromatic heterocycles. The molecule has 2 fully saturated rings. The molecule has 436 valence electrons. The van der Waals surface area contributed by atoms with Crippen LogP contribution < -0.4 is 0 Å². The van der Waals surface area contributed by atoms with Crippen molar-refractivity contribution in [2.24, 2.45) is 23.7 Å². The lowest BCUT2D eigenvalue weighted by atomic mass is 9.78. The maximum Gasteiger partial charge on any atom is 0.254 e. The van der Waals surface area contributed by atoms with Crippen LogP contribution in [0.3, 0.4) is 0 Å². The van der Waals surface area contributed by atoms with E-state index in [1.54, 1.807) is 78.0 Å². The molecule has 3 amide bonds. The van der Waals surface area contributed by atoms with E-state index in [1.807, 2.05) is 97.1 Å². The lowest BCUT2D eigenvalue weighted by Crippen LogP contribution is -2.48. The second-order valence-corrected chi connectivity index (χ2v) is 24.1. The van der Waals surface area contributed by atoms with Gasteiger partial charge in [-0.1, -0.05) is 71.7 Å². The molecule has 4 aliphatic rings. The van der Waals surface area contributed by atoms with Crippen molar-refractivity contribution >= 4 is 96.0 Å². The van der Waals surface area contributed by atoms with Gasteiger partial charge in [-0.2, -0.15) is 0 Å². The Kier molecular flexibility index (Phi) is 20.0. The molecule has 2 atom stereocenters. The number of fused-ring (bicyclic) bond motifs is 4. The molecule has 0 N–H and O–H groups in total. The minimum absolute atomic E-state index is 0.00709. The Morgan fingerprint density at radius 1 is 0.553 bits per heavy atom. The van der Waals surface area contributed by atoms with Crippen molar-refractivity contribution in [3.05, 3.63) is 212 Å². The van der Waals surface area contributed by atoms with Gasteiger partial charge >= 0.3 is 0 Å². The van der Waals surface area contributed by atoms with Crippen molar-refractivity contribution in [3.63, 3.8) is 0 Å². The Labute approximate surface area is 513 Å². The van der Waals surface area contributed by atoms with Gasteiger partial charge in [0, 0.05) is 136 Å². The fourth-order valence-corrected chi connectivity index (χ4v) is 13.3. The number of hydroxylamine groups is 2. The number of Topliss-reactive ketones (excluding diaryl/α,β-unsaturated/α-hetero) is 3. The third-order valence-corrected chi connectivity index (χ3v) is 18.1. The van der Waals surface area contributed by atoms with Crippen LogP contribution in [0.25, 0.3) is 21.8 Å². The minimum atomic E-state index is -0.602. The van der Waals surface area contributed by atoms with E-state index in [1.165, 1.54) is 17.6 Å². The largest absolute Gasteiger partial charge is 0.328 e. The van der Waals surface area contributed by atoms with E-state index in [0.29, 0.717) is 63.8 Å². The maximum absolute atomic E-state index is 13.9. The smallest absolute Gasteiger partial charge is 0.254 e. The average Bonchev–Trinajstić information content (AvgIpc) is 2.95. The van der Waals surface area contributed by atoms with Crippen molar-refractivity contribution in [3.8, 4) is 0 Å². The Bertz CT molecular complexity index is 3720. The van der Waals surface area contributed by atoms with Crippen molar-refractivity contribution < 1.29 is 33.6 Å². The number of aromatic nitrogens is 4. The summed E-state index contributed by atoms with van der Waals surface area (Å²) in [5, 5.41) is 4.44. The van der Waals surface area contributed by atoms with Crippen LogP contribution in [0.1, 0.15) is 105 Å². The zero-order valence-corrected chi connectivity index (χ0v) is 50.6. The topological polar surface area (TPSA) is 173 Å². The molecule has 6 heterocycles. The van der Waals surface area contributed by atoms with Crippen LogP contribution in [0.15, 0.2) is 163 Å². The summed E-state index contributed by atoms with van der Waals surface area (Å²) in [5.74, 6) is 0.100. The molecule has 0 spiro atoms. The molecule has 12 rings (SSSR count). The molecule has 14 nitrogen and oxygen atoms in total. The predicted molar refractivity (Wildman–Crippen MR) is 332 cm³/mol. The molecular weight excluding hydrogens is 1180 g/mol. The van der Waals surface area contributed by atoms with Crippen LogP contribution in [0.2, 0.25) is 10.0 Å². The highest BCUT2D eigenvalue weighted by atomic mass is 79.9. The lowest BCUT2D eigenvalue weighted by molar-refractivity contribution is -0.174. The number of hydrogen-bond acceptors (Lipinski definition) is 11. The van der Waals surface area contributed by atoms with Gasteiger partial charge in [0.15, 0.2) is 17.3 Å². The summed E-state index contributed by atoms with van der Waals surface area (Å²) in [4.78, 5) is 107. The van der Waals surface area contributed by atoms with Crippen LogP contribution in [0.5, 0.6) is 0 Å². The summed E-state index contributed by atoms with van der Waals surface area (Å²) in [7, 11) is 3.11. The molecule has 0 unspecified atom stereocenters. The first-order valence-electron chi connectivity index (χ1n) is 29.0. The number of para-hydroxylation sites is 2. The third-order valence-electron chi connectivity index (χ3n) is 17.0. The van der Waals surface area contributed by atoms with Crippen LogP contribution in [0, 0.1) is 23.7 Å². The van der Waals surface area contributed by atoms with Gasteiger partial charge in [0.25, 0.3) is 11.8 Å². The van der Waals surface area contributed by atoms with Crippen molar-refractivity contribution in [2.75, 3.05) is 27.2 Å². The number of halogens is 3. The van der Waals surface area contributed by atoms with E-state index in [4.69, 9.17) is 28.0 Å². The highest BCUT2D eigenvalue weighted by Gasteiger charge is 2.40. The van der Waals surface area contributed by atoms with Gasteiger partial charge in [-0.3, -0.25) is 53.5 Å². The molecule has 8 aromatic rings. The lowest BCUT2D eigenvalue weighted by Gasteiger charge is -2.36. The van der Waals surface area contributed by atoms with Crippen LogP contribution >= 0.6 is 39.1 Å². The first-order chi connectivity index (χ1) is 41.2. The van der Waals surface area contributed by atoms with E-state index in [0.717, 1.165) is 83.6 Å². The molecule has 85 heavy (non-hydrogen) atoms. The molecule has 0 radical (unpaired) electrons. The van der Waals surface area contributed by atoms with Crippen LogP contribution in [-0.4, -0.2) is 109 Å². The fourth-order valence-electron chi connectivity index (χ4n) is 12.4. The molecule has 2 aliphatic carbocycles. The Morgan fingerprint density at radius 3 is 1.49 bits per heavy atom. The highest BCUT2D eigenvalue weighted by molar-refractivity contribution is 9.10. The zero-order chi connectivity index (χ0) is 59.6. The molecule has 2 saturated carbocycles. The van der Waals surface area contributed by atoms with E-state index in [-0.39, 0.29) is 71.6 Å². The summed E-state index contributed by atoms with van der Waals surface area (Å²) in [6, 6.07) is 40.0. The van der Waals surface area contributed by atoms with Crippen LogP contribution in [-0.2, 0) is 44.9 Å². The number of ketones is 3. The summed E-state index contributed by atoms with van der Waals surface area (Å²) in [6.45, 7) is 0.950. The van der Waals surface area contributed by atoms with Crippen molar-refractivity contribution in [1.82, 2.24) is 34.8 Å². The number of carbonyl (C=O) groups excluding carboxylic acids is 6. The average molecular weight is 1240 g/mol. The summed E-state index contributed by atoms with van der Waals surface area (Å²) in [6.07, 6.45) is 14.3. The highest BCUT2D eigenvalue weighted by Crippen LogP contribution is 2.37. The first-order valence-corrected chi connectivity index (χ1v) is 30.5. The van der Waals surface area contributed by atoms with E-state index < -0.39 is 12.1 Å². The van der Waals surface area contributed by atoms with Gasteiger partial charge < -0.3 is 9.80 Å². The number of rotatable bonds is 12. The molecular formula is C68H66BrCl2N7O7. The summed E-state index contributed by atoms with van der Waals surface area (Å²) >= 11 is 15.8. The maximum atomic E-state index is 13.9. The molecule has 0 bridgehead atoms. The number of hydrogen-bond donors (Lipinski definition) is 0. The predicted octanol–water partition coefficient (Wildman–Crippen LogP) is 12.9. The monoisotopic (exact) mass is 1240 g/mol. The number of nitrogens with zero attached hydrogens (tertiary/aromatic N) is 7. The molecule has 0 saturated heterocycles. The minimum Gasteiger partial charge on any atom is -0.328 e. The van der Waals surface area contributed by atoms with Crippen molar-refractivity contribution in [1.29, 1.82) is 0 Å². The van der Waals surface area contributed by atoms with Gasteiger partial charge in [0.1, 0.15) is 0 Å².